The molecule has 0 radical (unpaired) electrons. The molecule has 4 aromatic carbocycles. The number of fused-ring (bicyclic) bond motifs is 3. The largest absolute Gasteiger partial charge is 0.0620 e. The number of hydrogen-bond acceptors (Lipinski definition) is 0. The van der Waals surface area contributed by atoms with E-state index in [-0.39, 0.29) is 0 Å². The molecular weight excluding hydrogens is 336 g/mol. The first-order valence-corrected chi connectivity index (χ1v) is 10.1. The van der Waals surface area contributed by atoms with Crippen molar-refractivity contribution in [2.45, 2.75) is 26.7 Å². The van der Waals surface area contributed by atoms with Gasteiger partial charge in [-0.3, -0.25) is 0 Å². The van der Waals surface area contributed by atoms with Crippen LogP contribution >= 0.6 is 0 Å². The predicted octanol–water partition coefficient (Wildman–Crippen LogP) is 7.40. The van der Waals surface area contributed by atoms with Crippen LogP contribution in [0.4, 0.5) is 0 Å². The van der Waals surface area contributed by atoms with Crippen molar-refractivity contribution in [1.29, 1.82) is 0 Å². The molecule has 0 heteroatoms. The van der Waals surface area contributed by atoms with Gasteiger partial charge in [0.25, 0.3) is 0 Å². The Balaban J connectivity index is 1.55. The first-order valence-electron chi connectivity index (χ1n) is 10.1. The van der Waals surface area contributed by atoms with Crippen LogP contribution in [0.3, 0.4) is 0 Å². The van der Waals surface area contributed by atoms with Gasteiger partial charge in [0.15, 0.2) is 0 Å². The Morgan fingerprint density at radius 3 is 1.82 bits per heavy atom. The van der Waals surface area contributed by atoms with Crippen LogP contribution in [0.15, 0.2) is 84.9 Å². The number of rotatable bonds is 2. The third-order valence-electron chi connectivity index (χ3n) is 6.07. The molecule has 4 aromatic rings. The molecular formula is C28H24. The van der Waals surface area contributed by atoms with Crippen molar-refractivity contribution in [3.63, 3.8) is 0 Å². The minimum atomic E-state index is 1.13. The van der Waals surface area contributed by atoms with Crippen LogP contribution in [0.5, 0.6) is 0 Å². The molecule has 0 saturated heterocycles. The Kier molecular flexibility index (Phi) is 4.13. The minimum Gasteiger partial charge on any atom is -0.0620 e. The van der Waals surface area contributed by atoms with E-state index in [9.17, 15) is 0 Å². The number of hydrogen-bond donors (Lipinski definition) is 0. The highest BCUT2D eigenvalue weighted by Crippen LogP contribution is 2.37. The van der Waals surface area contributed by atoms with Crippen LogP contribution < -0.4 is 0 Å². The molecule has 0 fully saturated rings. The van der Waals surface area contributed by atoms with Gasteiger partial charge in [-0.2, -0.15) is 0 Å². The fourth-order valence-electron chi connectivity index (χ4n) is 4.53. The van der Waals surface area contributed by atoms with Gasteiger partial charge in [0, 0.05) is 0 Å². The first-order chi connectivity index (χ1) is 13.7. The molecule has 1 aliphatic rings. The summed E-state index contributed by atoms with van der Waals surface area (Å²) >= 11 is 0. The van der Waals surface area contributed by atoms with Crippen LogP contribution in [-0.4, -0.2) is 0 Å². The second-order valence-electron chi connectivity index (χ2n) is 7.87. The van der Waals surface area contributed by atoms with Crippen molar-refractivity contribution in [2.24, 2.45) is 0 Å². The monoisotopic (exact) mass is 360 g/mol. The van der Waals surface area contributed by atoms with E-state index in [2.05, 4.69) is 98.8 Å². The third-order valence-corrected chi connectivity index (χ3v) is 6.07. The summed E-state index contributed by atoms with van der Waals surface area (Å²) in [6.07, 6.45) is 2.26. The van der Waals surface area contributed by atoms with Gasteiger partial charge in [0.05, 0.1) is 0 Å². The van der Waals surface area contributed by atoms with Gasteiger partial charge in [-0.05, 0) is 82.3 Å². The molecule has 0 bridgehead atoms. The third kappa shape index (κ3) is 2.86. The SMILES string of the molecule is Cc1ccccc1-c1ccc(-c2ccc3c(c2)CCc2ccccc2-3)cc1C. The summed E-state index contributed by atoms with van der Waals surface area (Å²) in [4.78, 5) is 0. The number of aryl methyl sites for hydroxylation is 4. The highest BCUT2D eigenvalue weighted by Gasteiger charge is 2.16. The molecule has 0 heterocycles. The van der Waals surface area contributed by atoms with Crippen molar-refractivity contribution in [3.05, 3.63) is 107 Å². The fraction of sp³-hybridized carbons (Fsp3) is 0.143. The van der Waals surface area contributed by atoms with Gasteiger partial charge < -0.3 is 0 Å². The molecule has 5 rings (SSSR count). The smallest absolute Gasteiger partial charge is 0.0149 e. The highest BCUT2D eigenvalue weighted by atomic mass is 14.2. The van der Waals surface area contributed by atoms with E-state index in [4.69, 9.17) is 0 Å². The Labute approximate surface area is 167 Å². The molecule has 0 nitrogen and oxygen atoms in total. The lowest BCUT2D eigenvalue weighted by Crippen LogP contribution is -2.03. The summed E-state index contributed by atoms with van der Waals surface area (Å²) in [5, 5.41) is 0. The van der Waals surface area contributed by atoms with Crippen molar-refractivity contribution in [1.82, 2.24) is 0 Å². The molecule has 0 aromatic heterocycles. The molecule has 0 amide bonds. The fourth-order valence-corrected chi connectivity index (χ4v) is 4.53. The highest BCUT2D eigenvalue weighted by molar-refractivity contribution is 5.79. The molecule has 0 saturated carbocycles. The molecule has 1 aliphatic carbocycles. The summed E-state index contributed by atoms with van der Waals surface area (Å²) in [6.45, 7) is 4.41. The van der Waals surface area contributed by atoms with E-state index in [1.807, 2.05) is 0 Å². The van der Waals surface area contributed by atoms with Crippen LogP contribution in [-0.2, 0) is 12.8 Å². The Bertz CT molecular complexity index is 1180. The van der Waals surface area contributed by atoms with E-state index in [1.54, 1.807) is 0 Å². The van der Waals surface area contributed by atoms with Crippen molar-refractivity contribution < 1.29 is 0 Å². The topological polar surface area (TPSA) is 0 Å². The lowest BCUT2D eigenvalue weighted by atomic mass is 9.84. The van der Waals surface area contributed by atoms with Gasteiger partial charge in [-0.1, -0.05) is 84.9 Å². The quantitative estimate of drug-likeness (QED) is 0.349. The van der Waals surface area contributed by atoms with Gasteiger partial charge in [-0.15, -0.1) is 0 Å². The molecule has 0 atom stereocenters. The van der Waals surface area contributed by atoms with Crippen molar-refractivity contribution in [3.8, 4) is 33.4 Å². The summed E-state index contributed by atoms with van der Waals surface area (Å²) in [7, 11) is 0. The van der Waals surface area contributed by atoms with Crippen LogP contribution in [0, 0.1) is 13.8 Å². The van der Waals surface area contributed by atoms with E-state index >= 15 is 0 Å². The molecule has 0 spiro atoms. The zero-order valence-electron chi connectivity index (χ0n) is 16.5. The molecule has 136 valence electrons. The van der Waals surface area contributed by atoms with E-state index in [0.717, 1.165) is 12.8 Å². The second kappa shape index (κ2) is 6.80. The summed E-state index contributed by atoms with van der Waals surface area (Å²) < 4.78 is 0. The summed E-state index contributed by atoms with van der Waals surface area (Å²) in [5.74, 6) is 0. The molecule has 0 unspecified atom stereocenters. The predicted molar refractivity (Wildman–Crippen MR) is 120 cm³/mol. The second-order valence-corrected chi connectivity index (χ2v) is 7.87. The maximum absolute atomic E-state index is 2.40. The minimum absolute atomic E-state index is 1.13. The van der Waals surface area contributed by atoms with Gasteiger partial charge >= 0.3 is 0 Å². The van der Waals surface area contributed by atoms with Gasteiger partial charge in [0.2, 0.25) is 0 Å². The zero-order chi connectivity index (χ0) is 19.1. The van der Waals surface area contributed by atoms with Crippen LogP contribution in [0.2, 0.25) is 0 Å². The Morgan fingerprint density at radius 1 is 0.464 bits per heavy atom. The summed E-state index contributed by atoms with van der Waals surface area (Å²) in [6, 6.07) is 31.3. The maximum Gasteiger partial charge on any atom is -0.0149 e. The lowest BCUT2D eigenvalue weighted by molar-refractivity contribution is 0.942. The maximum atomic E-state index is 2.40. The Hall–Kier alpha value is -3.12. The summed E-state index contributed by atoms with van der Waals surface area (Å²) in [5.41, 5.74) is 13.7. The Morgan fingerprint density at radius 2 is 1.04 bits per heavy atom. The van der Waals surface area contributed by atoms with E-state index in [0.29, 0.717) is 0 Å². The van der Waals surface area contributed by atoms with E-state index in [1.165, 1.54) is 55.6 Å². The average Bonchev–Trinajstić information content (AvgIpc) is 2.74. The van der Waals surface area contributed by atoms with Crippen LogP contribution in [0.25, 0.3) is 33.4 Å². The lowest BCUT2D eigenvalue weighted by Gasteiger charge is -2.21. The molecule has 0 aliphatic heterocycles. The molecule has 28 heavy (non-hydrogen) atoms. The molecule has 0 N–H and O–H groups in total. The normalized spacial score (nSPS) is 12.4. The van der Waals surface area contributed by atoms with Crippen molar-refractivity contribution >= 4 is 0 Å². The van der Waals surface area contributed by atoms with E-state index < -0.39 is 0 Å². The standard InChI is InChI=1S/C28H24/c1-19-7-3-5-9-25(19)26-15-13-22(17-20(26)2)23-14-16-28-24(18-23)12-11-21-8-4-6-10-27(21)28/h3-10,13-18H,11-12H2,1-2H3. The number of benzene rings is 4. The van der Waals surface area contributed by atoms with Gasteiger partial charge in [-0.25, -0.2) is 0 Å². The zero-order valence-corrected chi connectivity index (χ0v) is 16.5. The van der Waals surface area contributed by atoms with Crippen LogP contribution in [0.1, 0.15) is 22.3 Å². The van der Waals surface area contributed by atoms with Gasteiger partial charge in [0.1, 0.15) is 0 Å². The average molecular weight is 361 g/mol. The van der Waals surface area contributed by atoms with Crippen molar-refractivity contribution in [2.75, 3.05) is 0 Å². The first kappa shape index (κ1) is 17.0.